The molecule has 29 heavy (non-hydrogen) atoms. The Morgan fingerprint density at radius 3 is 2.45 bits per heavy atom. The molecule has 1 aliphatic heterocycles. The van der Waals surface area contributed by atoms with E-state index < -0.39 is 10.0 Å². The van der Waals surface area contributed by atoms with Crippen LogP contribution in [0.2, 0.25) is 5.02 Å². The van der Waals surface area contributed by atoms with E-state index in [0.717, 1.165) is 16.4 Å². The molecule has 0 radical (unpaired) electrons. The second-order valence-electron chi connectivity index (χ2n) is 7.08. The van der Waals surface area contributed by atoms with E-state index in [1.54, 1.807) is 35.6 Å². The van der Waals surface area contributed by atoms with Crippen LogP contribution in [-0.2, 0) is 10.0 Å². The smallest absolute Gasteiger partial charge is 0.244 e. The van der Waals surface area contributed by atoms with Crippen LogP contribution in [0, 0.1) is 13.8 Å². The van der Waals surface area contributed by atoms with Crippen molar-refractivity contribution in [3.63, 3.8) is 0 Å². The van der Waals surface area contributed by atoms with Crippen molar-refractivity contribution in [1.29, 1.82) is 0 Å². The summed E-state index contributed by atoms with van der Waals surface area (Å²) in [7, 11) is -3.59. The zero-order valence-electron chi connectivity index (χ0n) is 16.3. The quantitative estimate of drug-likeness (QED) is 0.586. The van der Waals surface area contributed by atoms with Crippen LogP contribution in [0.4, 0.5) is 5.13 Å². The van der Waals surface area contributed by atoms with Crippen molar-refractivity contribution in [2.75, 3.05) is 31.1 Å². The highest BCUT2D eigenvalue weighted by atomic mass is 35.5. The third-order valence-electron chi connectivity index (χ3n) is 5.34. The summed E-state index contributed by atoms with van der Waals surface area (Å²) in [5.41, 5.74) is 4.60. The lowest BCUT2D eigenvalue weighted by Crippen LogP contribution is -2.48. The first-order chi connectivity index (χ1) is 13.9. The third-order valence-corrected chi connectivity index (χ3v) is 8.64. The Labute approximate surface area is 180 Å². The lowest BCUT2D eigenvalue weighted by Gasteiger charge is -2.33. The molecule has 4 rings (SSSR count). The summed E-state index contributed by atoms with van der Waals surface area (Å²) >= 11 is 7.71. The number of anilines is 1. The predicted molar refractivity (Wildman–Crippen MR) is 119 cm³/mol. The maximum atomic E-state index is 12.9. The van der Waals surface area contributed by atoms with Gasteiger partial charge in [0.2, 0.25) is 10.0 Å². The molecule has 0 unspecified atom stereocenters. The molecule has 1 aliphatic rings. The first-order valence-electron chi connectivity index (χ1n) is 9.39. The Balaban J connectivity index is 1.49. The number of piperazine rings is 1. The fourth-order valence-corrected chi connectivity index (χ4v) is 6.27. The van der Waals surface area contributed by atoms with Gasteiger partial charge >= 0.3 is 0 Å². The third kappa shape index (κ3) is 3.92. The largest absolute Gasteiger partial charge is 0.345 e. The number of hydrogen-bond donors (Lipinski definition) is 0. The van der Waals surface area contributed by atoms with Gasteiger partial charge < -0.3 is 4.90 Å². The Hall–Kier alpha value is -1.93. The van der Waals surface area contributed by atoms with Gasteiger partial charge in [-0.25, -0.2) is 13.4 Å². The molecule has 0 N–H and O–H groups in total. The Morgan fingerprint density at radius 2 is 1.72 bits per heavy atom. The summed E-state index contributed by atoms with van der Waals surface area (Å²) < 4.78 is 27.3. The molecule has 152 valence electrons. The molecule has 0 amide bonds. The van der Waals surface area contributed by atoms with Crippen LogP contribution in [0.5, 0.6) is 0 Å². The maximum Gasteiger partial charge on any atom is 0.244 e. The van der Waals surface area contributed by atoms with Crippen LogP contribution in [-0.4, -0.2) is 43.9 Å². The monoisotopic (exact) mass is 447 g/mol. The second-order valence-corrected chi connectivity index (χ2v) is 10.2. The standard InChI is InChI=1S/C21H22ClN3O2S2/c1-15-6-5-7-17(16(15)2)19-14-28-21(23-19)24-10-12-25(13-11-24)29(26,27)20-9-4-3-8-18(20)22/h3-9,14H,10-13H2,1-2H3. The molecule has 2 aromatic carbocycles. The molecule has 0 saturated carbocycles. The molecular weight excluding hydrogens is 426 g/mol. The minimum atomic E-state index is -3.59. The van der Waals surface area contributed by atoms with Crippen LogP contribution in [0.15, 0.2) is 52.7 Å². The molecule has 8 heteroatoms. The number of aromatic nitrogens is 1. The van der Waals surface area contributed by atoms with Crippen LogP contribution < -0.4 is 4.90 Å². The van der Waals surface area contributed by atoms with Gasteiger partial charge in [0, 0.05) is 37.1 Å². The number of hydrogen-bond acceptors (Lipinski definition) is 5. The minimum Gasteiger partial charge on any atom is -0.345 e. The molecule has 3 aromatic rings. The summed E-state index contributed by atoms with van der Waals surface area (Å²) in [5, 5.41) is 3.26. The second kappa shape index (κ2) is 8.07. The fraction of sp³-hybridized carbons (Fsp3) is 0.286. The number of halogens is 1. The van der Waals surface area contributed by atoms with Gasteiger partial charge in [0.1, 0.15) is 4.90 Å². The molecule has 1 fully saturated rings. The number of sulfonamides is 1. The van der Waals surface area contributed by atoms with Crippen molar-refractivity contribution >= 4 is 38.1 Å². The van der Waals surface area contributed by atoms with E-state index in [4.69, 9.17) is 16.6 Å². The minimum absolute atomic E-state index is 0.168. The van der Waals surface area contributed by atoms with E-state index in [2.05, 4.69) is 42.3 Å². The van der Waals surface area contributed by atoms with Crippen molar-refractivity contribution < 1.29 is 8.42 Å². The summed E-state index contributed by atoms with van der Waals surface area (Å²) in [5.74, 6) is 0. The van der Waals surface area contributed by atoms with Gasteiger partial charge in [-0.1, -0.05) is 41.9 Å². The van der Waals surface area contributed by atoms with Gasteiger partial charge in [-0.2, -0.15) is 4.31 Å². The van der Waals surface area contributed by atoms with E-state index in [1.165, 1.54) is 15.4 Å². The molecule has 5 nitrogen and oxygen atoms in total. The van der Waals surface area contributed by atoms with Crippen LogP contribution in [0.1, 0.15) is 11.1 Å². The SMILES string of the molecule is Cc1cccc(-c2csc(N3CCN(S(=O)(=O)c4ccccc4Cl)CC3)n2)c1C. The molecule has 0 aliphatic carbocycles. The summed E-state index contributed by atoms with van der Waals surface area (Å²) in [4.78, 5) is 7.14. The molecule has 2 heterocycles. The first-order valence-corrected chi connectivity index (χ1v) is 12.1. The van der Waals surface area contributed by atoms with Gasteiger partial charge in [-0.15, -0.1) is 11.3 Å². The Morgan fingerprint density at radius 1 is 1.00 bits per heavy atom. The number of benzene rings is 2. The van der Waals surface area contributed by atoms with Crippen molar-refractivity contribution in [2.45, 2.75) is 18.7 Å². The Kier molecular flexibility index (Phi) is 5.66. The normalized spacial score (nSPS) is 15.6. The fourth-order valence-electron chi connectivity index (χ4n) is 3.47. The van der Waals surface area contributed by atoms with Crippen LogP contribution >= 0.6 is 22.9 Å². The van der Waals surface area contributed by atoms with Crippen molar-refractivity contribution in [1.82, 2.24) is 9.29 Å². The predicted octanol–water partition coefficient (Wildman–Crippen LogP) is 4.59. The highest BCUT2D eigenvalue weighted by Gasteiger charge is 2.30. The summed E-state index contributed by atoms with van der Waals surface area (Å²) in [6, 6.07) is 12.8. The lowest BCUT2D eigenvalue weighted by atomic mass is 10.0. The molecule has 0 atom stereocenters. The number of thiazole rings is 1. The van der Waals surface area contributed by atoms with E-state index in [-0.39, 0.29) is 9.92 Å². The van der Waals surface area contributed by atoms with E-state index >= 15 is 0 Å². The number of aryl methyl sites for hydroxylation is 1. The average Bonchev–Trinajstić information content (AvgIpc) is 3.20. The van der Waals surface area contributed by atoms with E-state index in [9.17, 15) is 8.42 Å². The number of nitrogens with zero attached hydrogens (tertiary/aromatic N) is 3. The number of rotatable bonds is 4. The summed E-state index contributed by atoms with van der Waals surface area (Å²) in [6.07, 6.45) is 0. The summed E-state index contributed by atoms with van der Waals surface area (Å²) in [6.45, 7) is 6.23. The highest BCUT2D eigenvalue weighted by molar-refractivity contribution is 7.89. The topological polar surface area (TPSA) is 53.5 Å². The average molecular weight is 448 g/mol. The molecular formula is C21H22ClN3O2S2. The van der Waals surface area contributed by atoms with Crippen molar-refractivity contribution in [3.05, 3.63) is 64.0 Å². The zero-order valence-corrected chi connectivity index (χ0v) is 18.7. The Bertz CT molecular complexity index is 1140. The highest BCUT2D eigenvalue weighted by Crippen LogP contribution is 2.32. The molecule has 0 bridgehead atoms. The molecule has 0 spiro atoms. The van der Waals surface area contributed by atoms with Gasteiger partial charge in [0.15, 0.2) is 5.13 Å². The maximum absolute atomic E-state index is 12.9. The first kappa shape index (κ1) is 20.3. The van der Waals surface area contributed by atoms with Gasteiger partial charge in [0.25, 0.3) is 0 Å². The lowest BCUT2D eigenvalue weighted by molar-refractivity contribution is 0.385. The van der Waals surface area contributed by atoms with Crippen molar-refractivity contribution in [3.8, 4) is 11.3 Å². The molecule has 1 aromatic heterocycles. The van der Waals surface area contributed by atoms with Gasteiger partial charge in [0.05, 0.1) is 10.7 Å². The van der Waals surface area contributed by atoms with E-state index in [1.807, 2.05) is 0 Å². The van der Waals surface area contributed by atoms with E-state index in [0.29, 0.717) is 26.2 Å². The van der Waals surface area contributed by atoms with Crippen molar-refractivity contribution in [2.24, 2.45) is 0 Å². The van der Waals surface area contributed by atoms with Crippen LogP contribution in [0.25, 0.3) is 11.3 Å². The molecule has 1 saturated heterocycles. The van der Waals surface area contributed by atoms with Gasteiger partial charge in [-0.05, 0) is 37.1 Å². The zero-order chi connectivity index (χ0) is 20.6. The van der Waals surface area contributed by atoms with Gasteiger partial charge in [-0.3, -0.25) is 0 Å². The van der Waals surface area contributed by atoms with Crippen LogP contribution in [0.3, 0.4) is 0 Å².